The zero-order chi connectivity index (χ0) is 13.0. The van der Waals surface area contributed by atoms with Gasteiger partial charge < -0.3 is 15.2 Å². The Balaban J connectivity index is 1.86. The lowest BCUT2D eigenvalue weighted by Gasteiger charge is -2.34. The predicted octanol–water partition coefficient (Wildman–Crippen LogP) is 2.15. The van der Waals surface area contributed by atoms with Gasteiger partial charge in [0.05, 0.1) is 6.10 Å². The molecule has 0 aromatic heterocycles. The molecule has 2 saturated carbocycles. The van der Waals surface area contributed by atoms with E-state index in [1.165, 1.54) is 6.42 Å². The van der Waals surface area contributed by atoms with Gasteiger partial charge in [-0.15, -0.1) is 0 Å². The number of nitrogens with two attached hydrogens (primary N) is 1. The third kappa shape index (κ3) is 3.23. The summed E-state index contributed by atoms with van der Waals surface area (Å²) >= 11 is 0. The van der Waals surface area contributed by atoms with Gasteiger partial charge in [0.2, 0.25) is 0 Å². The molecule has 0 aromatic carbocycles. The van der Waals surface area contributed by atoms with Crippen molar-refractivity contribution < 1.29 is 14.3 Å². The molecule has 4 heteroatoms. The maximum atomic E-state index is 12.2. The van der Waals surface area contributed by atoms with E-state index in [2.05, 4.69) is 0 Å². The van der Waals surface area contributed by atoms with Crippen molar-refractivity contribution in [3.63, 3.8) is 0 Å². The summed E-state index contributed by atoms with van der Waals surface area (Å²) in [6.07, 6.45) is 8.93. The van der Waals surface area contributed by atoms with Crippen molar-refractivity contribution in [3.8, 4) is 0 Å². The van der Waals surface area contributed by atoms with Crippen molar-refractivity contribution in [1.29, 1.82) is 0 Å². The Morgan fingerprint density at radius 2 is 1.78 bits per heavy atom. The smallest absolute Gasteiger partial charge is 0.326 e. The van der Waals surface area contributed by atoms with E-state index in [1.54, 1.807) is 7.11 Å². The molecular formula is C14H25NO3. The number of carbonyl (C=O) groups excluding carboxylic acids is 1. The molecule has 0 aliphatic heterocycles. The van der Waals surface area contributed by atoms with Crippen molar-refractivity contribution in [2.24, 2.45) is 5.73 Å². The van der Waals surface area contributed by atoms with Gasteiger partial charge >= 0.3 is 5.97 Å². The summed E-state index contributed by atoms with van der Waals surface area (Å²) in [7, 11) is 1.72. The average Bonchev–Trinajstić information content (AvgIpc) is 2.40. The molecule has 2 unspecified atom stereocenters. The summed E-state index contributed by atoms with van der Waals surface area (Å²) in [5.74, 6) is -0.191. The van der Waals surface area contributed by atoms with E-state index < -0.39 is 5.54 Å². The highest BCUT2D eigenvalue weighted by atomic mass is 16.5. The Bertz CT molecular complexity index is 287. The predicted molar refractivity (Wildman–Crippen MR) is 69.1 cm³/mol. The Morgan fingerprint density at radius 1 is 1.11 bits per heavy atom. The molecule has 2 aliphatic rings. The van der Waals surface area contributed by atoms with Crippen molar-refractivity contribution in [1.82, 2.24) is 0 Å². The Labute approximate surface area is 109 Å². The van der Waals surface area contributed by atoms with Crippen LogP contribution < -0.4 is 5.73 Å². The minimum atomic E-state index is -0.724. The second-order valence-corrected chi connectivity index (χ2v) is 5.77. The molecular weight excluding hydrogens is 230 g/mol. The number of esters is 1. The van der Waals surface area contributed by atoms with Crippen molar-refractivity contribution in [3.05, 3.63) is 0 Å². The highest BCUT2D eigenvalue weighted by molar-refractivity contribution is 5.80. The third-order valence-electron chi connectivity index (χ3n) is 4.34. The van der Waals surface area contributed by atoms with Gasteiger partial charge in [0.25, 0.3) is 0 Å². The lowest BCUT2D eigenvalue weighted by atomic mass is 9.82. The lowest BCUT2D eigenvalue weighted by Crippen LogP contribution is -2.51. The molecule has 0 aromatic rings. The van der Waals surface area contributed by atoms with E-state index in [0.29, 0.717) is 0 Å². The summed E-state index contributed by atoms with van der Waals surface area (Å²) in [4.78, 5) is 12.2. The second-order valence-electron chi connectivity index (χ2n) is 5.77. The summed E-state index contributed by atoms with van der Waals surface area (Å²) in [6.45, 7) is 0. The topological polar surface area (TPSA) is 61.5 Å². The fourth-order valence-electron chi connectivity index (χ4n) is 3.08. The Kier molecular flexibility index (Phi) is 4.62. The van der Waals surface area contributed by atoms with E-state index in [-0.39, 0.29) is 18.2 Å². The minimum Gasteiger partial charge on any atom is -0.461 e. The molecule has 2 rings (SSSR count). The summed E-state index contributed by atoms with van der Waals surface area (Å²) in [5.41, 5.74) is 5.46. The van der Waals surface area contributed by atoms with Gasteiger partial charge in [0.15, 0.2) is 0 Å². The number of hydrogen-bond acceptors (Lipinski definition) is 4. The first kappa shape index (κ1) is 13.8. The van der Waals surface area contributed by atoms with E-state index in [1.807, 2.05) is 0 Å². The maximum absolute atomic E-state index is 12.2. The van der Waals surface area contributed by atoms with Crippen LogP contribution in [0.2, 0.25) is 0 Å². The van der Waals surface area contributed by atoms with Crippen LogP contribution in [0, 0.1) is 0 Å². The van der Waals surface area contributed by atoms with Crippen LogP contribution in [0.15, 0.2) is 0 Å². The van der Waals surface area contributed by atoms with Crippen molar-refractivity contribution in [2.75, 3.05) is 7.11 Å². The fourth-order valence-corrected chi connectivity index (χ4v) is 3.08. The monoisotopic (exact) mass is 255 g/mol. The maximum Gasteiger partial charge on any atom is 0.326 e. The Morgan fingerprint density at radius 3 is 2.44 bits per heavy atom. The van der Waals surface area contributed by atoms with Crippen LogP contribution in [0.1, 0.15) is 57.8 Å². The van der Waals surface area contributed by atoms with Crippen molar-refractivity contribution >= 4 is 5.97 Å². The van der Waals surface area contributed by atoms with Crippen LogP contribution in [-0.4, -0.2) is 30.8 Å². The van der Waals surface area contributed by atoms with E-state index in [9.17, 15) is 4.79 Å². The molecule has 2 atom stereocenters. The van der Waals surface area contributed by atoms with E-state index in [0.717, 1.165) is 51.4 Å². The highest BCUT2D eigenvalue weighted by Gasteiger charge is 2.38. The molecule has 2 aliphatic carbocycles. The van der Waals surface area contributed by atoms with Gasteiger partial charge in [0.1, 0.15) is 11.6 Å². The van der Waals surface area contributed by atoms with Gasteiger partial charge in [0, 0.05) is 13.5 Å². The molecule has 0 saturated heterocycles. The minimum absolute atomic E-state index is 0.00134. The molecule has 0 bridgehead atoms. The summed E-state index contributed by atoms with van der Waals surface area (Å²) in [5, 5.41) is 0. The molecule has 2 fully saturated rings. The molecule has 4 nitrogen and oxygen atoms in total. The fraction of sp³-hybridized carbons (Fsp3) is 0.929. The van der Waals surface area contributed by atoms with Gasteiger partial charge in [-0.1, -0.05) is 19.3 Å². The van der Waals surface area contributed by atoms with E-state index >= 15 is 0 Å². The van der Waals surface area contributed by atoms with Crippen LogP contribution in [-0.2, 0) is 14.3 Å². The molecule has 0 heterocycles. The quantitative estimate of drug-likeness (QED) is 0.785. The highest BCUT2D eigenvalue weighted by Crippen LogP contribution is 2.29. The number of ether oxygens (including phenoxy) is 2. The zero-order valence-electron chi connectivity index (χ0n) is 11.3. The number of hydrogen-bond donors (Lipinski definition) is 1. The molecule has 0 spiro atoms. The second kappa shape index (κ2) is 6.02. The van der Waals surface area contributed by atoms with Gasteiger partial charge in [-0.2, -0.15) is 0 Å². The van der Waals surface area contributed by atoms with E-state index in [4.69, 9.17) is 15.2 Å². The zero-order valence-corrected chi connectivity index (χ0v) is 11.3. The first-order valence-corrected chi connectivity index (χ1v) is 7.17. The van der Waals surface area contributed by atoms with Crippen LogP contribution in [0.3, 0.4) is 0 Å². The lowest BCUT2D eigenvalue weighted by molar-refractivity contribution is -0.160. The first-order chi connectivity index (χ1) is 8.64. The standard InChI is InChI=1S/C14H25NO3/c1-17-11-6-5-7-12(10-11)18-13(16)14(15)8-3-2-4-9-14/h11-12H,2-10,15H2,1H3. The largest absolute Gasteiger partial charge is 0.461 e. The van der Waals surface area contributed by atoms with Crippen LogP contribution in [0.4, 0.5) is 0 Å². The van der Waals surface area contributed by atoms with Gasteiger partial charge in [-0.3, -0.25) is 4.79 Å². The van der Waals surface area contributed by atoms with Gasteiger partial charge in [-0.05, 0) is 32.1 Å². The molecule has 2 N–H and O–H groups in total. The summed E-state index contributed by atoms with van der Waals surface area (Å²) < 4.78 is 11.0. The summed E-state index contributed by atoms with van der Waals surface area (Å²) in [6, 6.07) is 0. The molecule has 0 radical (unpaired) electrons. The molecule has 0 amide bonds. The van der Waals surface area contributed by atoms with Gasteiger partial charge in [-0.25, -0.2) is 0 Å². The number of rotatable bonds is 3. The van der Waals surface area contributed by atoms with Crippen LogP contribution in [0.25, 0.3) is 0 Å². The van der Waals surface area contributed by atoms with Crippen LogP contribution in [0.5, 0.6) is 0 Å². The average molecular weight is 255 g/mol. The molecule has 104 valence electrons. The SMILES string of the molecule is COC1CCCC(OC(=O)C2(N)CCCCC2)C1. The number of methoxy groups -OCH3 is 1. The number of carbonyl (C=O) groups is 1. The Hall–Kier alpha value is -0.610. The molecule has 18 heavy (non-hydrogen) atoms. The third-order valence-corrected chi connectivity index (χ3v) is 4.34. The van der Waals surface area contributed by atoms with Crippen LogP contribution >= 0.6 is 0 Å². The normalized spacial score (nSPS) is 31.9. The van der Waals surface area contributed by atoms with Crippen molar-refractivity contribution in [2.45, 2.75) is 75.5 Å². The first-order valence-electron chi connectivity index (χ1n) is 7.17.